The standard InChI is InChI=1S/C15H18F2O2/c1-13(2,3)10-4-6-11(7-5-10)14(12(18)19)8-15(16,17)9-14/h4-7H,8-9H2,1-3H3,(H,18,19). The summed E-state index contributed by atoms with van der Waals surface area (Å²) >= 11 is 0. The first-order valence-electron chi connectivity index (χ1n) is 6.29. The van der Waals surface area contributed by atoms with Crippen LogP contribution in [0.2, 0.25) is 0 Å². The third-order valence-electron chi connectivity index (χ3n) is 3.83. The molecular formula is C15H18F2O2. The number of carbonyl (C=O) groups is 1. The molecule has 0 radical (unpaired) electrons. The van der Waals surface area contributed by atoms with Crippen molar-refractivity contribution in [2.24, 2.45) is 0 Å². The molecule has 1 aliphatic carbocycles. The van der Waals surface area contributed by atoms with E-state index in [-0.39, 0.29) is 5.41 Å². The number of alkyl halides is 2. The predicted molar refractivity (Wildman–Crippen MR) is 68.6 cm³/mol. The quantitative estimate of drug-likeness (QED) is 0.887. The summed E-state index contributed by atoms with van der Waals surface area (Å²) in [6, 6.07) is 7.00. The molecule has 0 amide bonds. The summed E-state index contributed by atoms with van der Waals surface area (Å²) in [7, 11) is 0. The van der Waals surface area contributed by atoms with Crippen molar-refractivity contribution in [2.75, 3.05) is 0 Å². The summed E-state index contributed by atoms with van der Waals surface area (Å²) in [4.78, 5) is 11.3. The van der Waals surface area contributed by atoms with E-state index < -0.39 is 30.1 Å². The van der Waals surface area contributed by atoms with Gasteiger partial charge in [0.2, 0.25) is 0 Å². The Kier molecular flexibility index (Phi) is 2.96. The van der Waals surface area contributed by atoms with E-state index in [2.05, 4.69) is 0 Å². The van der Waals surface area contributed by atoms with Gasteiger partial charge in [0.25, 0.3) is 5.92 Å². The van der Waals surface area contributed by atoms with Crippen molar-refractivity contribution in [2.45, 2.75) is 50.4 Å². The van der Waals surface area contributed by atoms with Crippen LogP contribution in [0.25, 0.3) is 0 Å². The molecule has 1 fully saturated rings. The van der Waals surface area contributed by atoms with Crippen LogP contribution < -0.4 is 0 Å². The molecule has 0 bridgehead atoms. The molecular weight excluding hydrogens is 250 g/mol. The highest BCUT2D eigenvalue weighted by molar-refractivity contribution is 5.83. The van der Waals surface area contributed by atoms with Gasteiger partial charge >= 0.3 is 5.97 Å². The molecule has 1 aromatic carbocycles. The van der Waals surface area contributed by atoms with Crippen LogP contribution in [0.4, 0.5) is 8.78 Å². The lowest BCUT2D eigenvalue weighted by Gasteiger charge is -2.44. The highest BCUT2D eigenvalue weighted by Gasteiger charge is 2.62. The van der Waals surface area contributed by atoms with Crippen LogP contribution in [0.15, 0.2) is 24.3 Å². The maximum Gasteiger partial charge on any atom is 0.314 e. The second-order valence-corrected chi connectivity index (χ2v) is 6.42. The van der Waals surface area contributed by atoms with Crippen molar-refractivity contribution >= 4 is 5.97 Å². The molecule has 19 heavy (non-hydrogen) atoms. The maximum absolute atomic E-state index is 13.1. The molecule has 2 nitrogen and oxygen atoms in total. The van der Waals surface area contributed by atoms with Crippen molar-refractivity contribution in [3.63, 3.8) is 0 Å². The molecule has 2 rings (SSSR count). The van der Waals surface area contributed by atoms with Gasteiger partial charge in [-0.1, -0.05) is 45.0 Å². The summed E-state index contributed by atoms with van der Waals surface area (Å²) in [6.45, 7) is 6.14. The molecule has 0 saturated heterocycles. The molecule has 0 spiro atoms. The van der Waals surface area contributed by atoms with Gasteiger partial charge in [-0.05, 0) is 16.5 Å². The summed E-state index contributed by atoms with van der Waals surface area (Å²) in [5.74, 6) is -4.02. The molecule has 0 heterocycles. The lowest BCUT2D eigenvalue weighted by molar-refractivity contribution is -0.174. The van der Waals surface area contributed by atoms with Gasteiger partial charge in [0.05, 0.1) is 0 Å². The van der Waals surface area contributed by atoms with Gasteiger partial charge < -0.3 is 5.11 Å². The summed E-state index contributed by atoms with van der Waals surface area (Å²) < 4.78 is 26.2. The lowest BCUT2D eigenvalue weighted by Crippen LogP contribution is -2.54. The van der Waals surface area contributed by atoms with Gasteiger partial charge in [0, 0.05) is 12.8 Å². The van der Waals surface area contributed by atoms with Gasteiger partial charge in [0.1, 0.15) is 5.41 Å². The Morgan fingerprint density at radius 2 is 1.63 bits per heavy atom. The van der Waals surface area contributed by atoms with Gasteiger partial charge in [-0.15, -0.1) is 0 Å². The van der Waals surface area contributed by atoms with E-state index in [0.717, 1.165) is 5.56 Å². The van der Waals surface area contributed by atoms with E-state index >= 15 is 0 Å². The maximum atomic E-state index is 13.1. The fraction of sp³-hybridized carbons (Fsp3) is 0.533. The predicted octanol–water partition coefficient (Wildman–Crippen LogP) is 3.74. The smallest absolute Gasteiger partial charge is 0.314 e. The molecule has 0 unspecified atom stereocenters. The molecule has 104 valence electrons. The molecule has 0 aromatic heterocycles. The number of benzene rings is 1. The number of rotatable bonds is 2. The number of hydrogen-bond acceptors (Lipinski definition) is 1. The monoisotopic (exact) mass is 268 g/mol. The zero-order chi connectivity index (χ0) is 14.5. The second-order valence-electron chi connectivity index (χ2n) is 6.42. The van der Waals surface area contributed by atoms with Crippen molar-refractivity contribution in [3.05, 3.63) is 35.4 Å². The van der Waals surface area contributed by atoms with Crippen molar-refractivity contribution in [3.8, 4) is 0 Å². The van der Waals surface area contributed by atoms with Crippen molar-refractivity contribution in [1.82, 2.24) is 0 Å². The van der Waals surface area contributed by atoms with E-state index in [1.807, 2.05) is 32.9 Å². The van der Waals surface area contributed by atoms with Gasteiger partial charge in [-0.3, -0.25) is 4.79 Å². The van der Waals surface area contributed by atoms with Gasteiger partial charge in [-0.2, -0.15) is 0 Å². The molecule has 1 N–H and O–H groups in total. The Hall–Kier alpha value is -1.45. The van der Waals surface area contributed by atoms with E-state index in [1.54, 1.807) is 12.1 Å². The zero-order valence-electron chi connectivity index (χ0n) is 11.3. The number of carboxylic acids is 1. The Morgan fingerprint density at radius 1 is 1.16 bits per heavy atom. The first-order chi connectivity index (χ1) is 8.57. The SMILES string of the molecule is CC(C)(C)c1ccc(C2(C(=O)O)CC(F)(F)C2)cc1. The number of hydrogen-bond donors (Lipinski definition) is 1. The minimum Gasteiger partial charge on any atom is -0.481 e. The van der Waals surface area contributed by atoms with Crippen LogP contribution in [-0.2, 0) is 15.6 Å². The molecule has 1 aromatic rings. The Bertz CT molecular complexity index is 490. The van der Waals surface area contributed by atoms with Crippen LogP contribution in [0, 0.1) is 0 Å². The first-order valence-corrected chi connectivity index (χ1v) is 6.29. The Morgan fingerprint density at radius 3 is 1.95 bits per heavy atom. The Labute approximate surface area is 111 Å². The zero-order valence-corrected chi connectivity index (χ0v) is 11.3. The first kappa shape index (κ1) is 14.0. The fourth-order valence-electron chi connectivity index (χ4n) is 2.60. The fourth-order valence-corrected chi connectivity index (χ4v) is 2.60. The van der Waals surface area contributed by atoms with Crippen LogP contribution >= 0.6 is 0 Å². The molecule has 4 heteroatoms. The van der Waals surface area contributed by atoms with Crippen molar-refractivity contribution < 1.29 is 18.7 Å². The van der Waals surface area contributed by atoms with Crippen LogP contribution in [0.1, 0.15) is 44.7 Å². The van der Waals surface area contributed by atoms with E-state index in [9.17, 15) is 18.7 Å². The van der Waals surface area contributed by atoms with Crippen LogP contribution in [0.3, 0.4) is 0 Å². The minimum absolute atomic E-state index is 0.0432. The van der Waals surface area contributed by atoms with Gasteiger partial charge in [0.15, 0.2) is 0 Å². The highest BCUT2D eigenvalue weighted by Crippen LogP contribution is 2.53. The van der Waals surface area contributed by atoms with E-state index in [4.69, 9.17) is 0 Å². The third-order valence-corrected chi connectivity index (χ3v) is 3.83. The number of carboxylic acid groups (broad SMARTS) is 1. The third kappa shape index (κ3) is 2.36. The highest BCUT2D eigenvalue weighted by atomic mass is 19.3. The summed E-state index contributed by atoms with van der Waals surface area (Å²) in [6.07, 6.45) is -1.21. The molecule has 0 atom stereocenters. The van der Waals surface area contributed by atoms with E-state index in [0.29, 0.717) is 5.56 Å². The largest absolute Gasteiger partial charge is 0.481 e. The van der Waals surface area contributed by atoms with Gasteiger partial charge in [-0.25, -0.2) is 8.78 Å². The minimum atomic E-state index is -2.86. The van der Waals surface area contributed by atoms with Crippen molar-refractivity contribution in [1.29, 1.82) is 0 Å². The topological polar surface area (TPSA) is 37.3 Å². The summed E-state index contributed by atoms with van der Waals surface area (Å²) in [5.41, 5.74) is 0.0695. The molecule has 1 aliphatic rings. The Balaban J connectivity index is 2.33. The average molecular weight is 268 g/mol. The number of halogens is 2. The molecule has 1 saturated carbocycles. The number of aliphatic carboxylic acids is 1. The average Bonchev–Trinajstić information content (AvgIpc) is 2.24. The van der Waals surface area contributed by atoms with Crippen LogP contribution in [0.5, 0.6) is 0 Å². The van der Waals surface area contributed by atoms with Crippen LogP contribution in [-0.4, -0.2) is 17.0 Å². The summed E-state index contributed by atoms with van der Waals surface area (Å²) in [5, 5.41) is 9.27. The van der Waals surface area contributed by atoms with E-state index in [1.165, 1.54) is 0 Å². The molecule has 0 aliphatic heterocycles. The normalized spacial score (nSPS) is 20.7. The second kappa shape index (κ2) is 4.02. The lowest BCUT2D eigenvalue weighted by atomic mass is 9.62.